The highest BCUT2D eigenvalue weighted by atomic mass is 15.0. The Morgan fingerprint density at radius 3 is 1.47 bits per heavy atom. The minimum Gasteiger partial charge on any atom is -0.307 e. The fraction of sp³-hybridized carbons (Fsp3) is 0. The molecule has 4 heterocycles. The van der Waals surface area contributed by atoms with Crippen molar-refractivity contribution in [2.45, 2.75) is 0 Å². The van der Waals surface area contributed by atoms with Gasteiger partial charge in [-0.2, -0.15) is 0 Å². The van der Waals surface area contributed by atoms with E-state index in [0.29, 0.717) is 17.5 Å². The van der Waals surface area contributed by atoms with Crippen LogP contribution in [0.25, 0.3) is 121 Å². The van der Waals surface area contributed by atoms with Crippen LogP contribution >= 0.6 is 0 Å². The van der Waals surface area contributed by atoms with Crippen molar-refractivity contribution in [2.75, 3.05) is 0 Å². The first-order chi connectivity index (χ1) is 28.8. The smallest absolute Gasteiger partial charge is 0.164 e. The van der Waals surface area contributed by atoms with Gasteiger partial charge in [0.25, 0.3) is 0 Å². The standard InChI is InChI=1S/C53H31N5/c1-3-15-32(16-4-1)51-54-52(33-17-5-2-6-18-33)56-53(55-51)41-28-27-38-42-29-34-19-7-8-20-35(34)30-45(42)57-43-25-13-11-23-39(43)47-37-22-10-9-21-36(37)31-46(50(47)57)58-44-26-14-12-24-40(44)48(41)49(38)58/h1-31H. The van der Waals surface area contributed by atoms with Gasteiger partial charge in [-0.25, -0.2) is 15.0 Å². The lowest BCUT2D eigenvalue weighted by Crippen LogP contribution is -2.00. The predicted octanol–water partition coefficient (Wildman–Crippen LogP) is 13.5. The lowest BCUT2D eigenvalue weighted by molar-refractivity contribution is 1.08. The molecule has 9 aromatic carbocycles. The van der Waals surface area contributed by atoms with Crippen LogP contribution in [-0.4, -0.2) is 23.8 Å². The molecule has 0 saturated carbocycles. The lowest BCUT2D eigenvalue weighted by atomic mass is 9.99. The van der Waals surface area contributed by atoms with Gasteiger partial charge in [0, 0.05) is 49.0 Å². The van der Waals surface area contributed by atoms with Crippen molar-refractivity contribution in [2.24, 2.45) is 0 Å². The Balaban J connectivity index is 1.31. The summed E-state index contributed by atoms with van der Waals surface area (Å²) in [5.41, 5.74) is 9.78. The summed E-state index contributed by atoms with van der Waals surface area (Å²) in [7, 11) is 0. The quantitative estimate of drug-likeness (QED) is 0.181. The molecule has 0 spiro atoms. The summed E-state index contributed by atoms with van der Waals surface area (Å²) in [5.74, 6) is 1.92. The summed E-state index contributed by atoms with van der Waals surface area (Å²) < 4.78 is 5.04. The molecule has 0 amide bonds. The fourth-order valence-corrected chi connectivity index (χ4v) is 9.55. The van der Waals surface area contributed by atoms with Crippen LogP contribution in [0.3, 0.4) is 0 Å². The van der Waals surface area contributed by atoms with Crippen LogP contribution in [0, 0.1) is 0 Å². The summed E-state index contributed by atoms with van der Waals surface area (Å²) in [6, 6.07) is 67.4. The molecule has 0 bridgehead atoms. The van der Waals surface area contributed by atoms with Gasteiger partial charge >= 0.3 is 0 Å². The highest BCUT2D eigenvalue weighted by Crippen LogP contribution is 2.45. The van der Waals surface area contributed by atoms with E-state index in [1.165, 1.54) is 48.7 Å². The van der Waals surface area contributed by atoms with E-state index in [9.17, 15) is 0 Å². The van der Waals surface area contributed by atoms with Crippen molar-refractivity contribution in [1.29, 1.82) is 0 Å². The van der Waals surface area contributed by atoms with Crippen molar-refractivity contribution < 1.29 is 0 Å². The molecule has 0 aliphatic heterocycles. The summed E-state index contributed by atoms with van der Waals surface area (Å²) in [6.45, 7) is 0. The summed E-state index contributed by atoms with van der Waals surface area (Å²) in [6.07, 6.45) is 0. The minimum absolute atomic E-state index is 0.640. The zero-order chi connectivity index (χ0) is 37.9. The first-order valence-corrected chi connectivity index (χ1v) is 19.7. The maximum Gasteiger partial charge on any atom is 0.164 e. The van der Waals surface area contributed by atoms with Crippen molar-refractivity contribution in [3.05, 3.63) is 188 Å². The number of rotatable bonds is 3. The number of hydrogen-bond acceptors (Lipinski definition) is 3. The normalized spacial score (nSPS) is 12.1. The molecule has 0 aliphatic carbocycles. The highest BCUT2D eigenvalue weighted by molar-refractivity contribution is 6.30. The van der Waals surface area contributed by atoms with E-state index in [0.717, 1.165) is 54.9 Å². The molecular weight excluding hydrogens is 707 g/mol. The molecule has 0 radical (unpaired) electrons. The molecule has 0 aliphatic rings. The van der Waals surface area contributed by atoms with Crippen molar-refractivity contribution >= 4 is 87.0 Å². The summed E-state index contributed by atoms with van der Waals surface area (Å²) >= 11 is 0. The Morgan fingerprint density at radius 2 is 0.793 bits per heavy atom. The Morgan fingerprint density at radius 1 is 0.293 bits per heavy atom. The summed E-state index contributed by atoms with van der Waals surface area (Å²) in [5, 5.41) is 11.9. The number of hydrogen-bond donors (Lipinski definition) is 0. The zero-order valence-corrected chi connectivity index (χ0v) is 31.1. The third-order valence-electron chi connectivity index (χ3n) is 12.0. The molecule has 13 aromatic rings. The zero-order valence-electron chi connectivity index (χ0n) is 31.1. The molecular formula is C53H31N5. The van der Waals surface area contributed by atoms with Gasteiger partial charge in [-0.15, -0.1) is 0 Å². The Bertz CT molecular complexity index is 3790. The molecule has 268 valence electrons. The van der Waals surface area contributed by atoms with E-state index in [2.05, 4.69) is 160 Å². The monoisotopic (exact) mass is 737 g/mol. The number of nitrogens with zero attached hydrogens (tertiary/aromatic N) is 5. The molecule has 4 aromatic heterocycles. The molecule has 13 rings (SSSR count). The van der Waals surface area contributed by atoms with Gasteiger partial charge in [-0.05, 0) is 57.9 Å². The highest BCUT2D eigenvalue weighted by Gasteiger charge is 2.24. The van der Waals surface area contributed by atoms with Crippen molar-refractivity contribution in [1.82, 2.24) is 23.8 Å². The Labute approximate surface area is 331 Å². The maximum atomic E-state index is 5.28. The fourth-order valence-electron chi connectivity index (χ4n) is 9.55. The van der Waals surface area contributed by atoms with Gasteiger partial charge in [-0.1, -0.05) is 152 Å². The second-order valence-electron chi connectivity index (χ2n) is 15.2. The second kappa shape index (κ2) is 11.8. The largest absolute Gasteiger partial charge is 0.307 e. The number of para-hydroxylation sites is 2. The van der Waals surface area contributed by atoms with Crippen LogP contribution in [0.4, 0.5) is 0 Å². The first-order valence-electron chi connectivity index (χ1n) is 19.7. The Hall–Kier alpha value is -7.89. The van der Waals surface area contributed by atoms with E-state index in [-0.39, 0.29) is 0 Å². The van der Waals surface area contributed by atoms with Crippen molar-refractivity contribution in [3.8, 4) is 34.2 Å². The van der Waals surface area contributed by atoms with E-state index < -0.39 is 0 Å². The number of fused-ring (bicyclic) bond motifs is 13. The molecule has 5 nitrogen and oxygen atoms in total. The lowest BCUT2D eigenvalue weighted by Gasteiger charge is -2.14. The van der Waals surface area contributed by atoms with Gasteiger partial charge in [-0.3, -0.25) is 0 Å². The van der Waals surface area contributed by atoms with Crippen LogP contribution in [0.2, 0.25) is 0 Å². The van der Waals surface area contributed by atoms with E-state index in [1.807, 2.05) is 36.4 Å². The molecule has 0 saturated heterocycles. The van der Waals surface area contributed by atoms with Gasteiger partial charge in [0.05, 0.1) is 33.1 Å². The van der Waals surface area contributed by atoms with Crippen LogP contribution in [0.5, 0.6) is 0 Å². The molecule has 0 N–H and O–H groups in total. The predicted molar refractivity (Wildman–Crippen MR) is 241 cm³/mol. The topological polar surface area (TPSA) is 47.5 Å². The van der Waals surface area contributed by atoms with Crippen LogP contribution in [0.1, 0.15) is 0 Å². The molecule has 0 unspecified atom stereocenters. The Kier molecular flexibility index (Phi) is 6.38. The molecule has 0 fully saturated rings. The average Bonchev–Trinajstić information content (AvgIpc) is 3.82. The third-order valence-corrected chi connectivity index (χ3v) is 12.0. The van der Waals surface area contributed by atoms with Gasteiger partial charge < -0.3 is 8.80 Å². The van der Waals surface area contributed by atoms with E-state index in [4.69, 9.17) is 15.0 Å². The summed E-state index contributed by atoms with van der Waals surface area (Å²) in [4.78, 5) is 15.6. The molecule has 5 heteroatoms. The van der Waals surface area contributed by atoms with Gasteiger partial charge in [0.15, 0.2) is 17.5 Å². The molecule has 58 heavy (non-hydrogen) atoms. The van der Waals surface area contributed by atoms with Gasteiger partial charge in [0.2, 0.25) is 0 Å². The minimum atomic E-state index is 0.640. The maximum absolute atomic E-state index is 5.28. The first kappa shape index (κ1) is 31.3. The molecule has 0 atom stereocenters. The van der Waals surface area contributed by atoms with E-state index in [1.54, 1.807) is 0 Å². The van der Waals surface area contributed by atoms with Crippen LogP contribution in [0.15, 0.2) is 188 Å². The second-order valence-corrected chi connectivity index (χ2v) is 15.2. The third kappa shape index (κ3) is 4.33. The van der Waals surface area contributed by atoms with Crippen molar-refractivity contribution in [3.63, 3.8) is 0 Å². The van der Waals surface area contributed by atoms with Crippen LogP contribution in [-0.2, 0) is 0 Å². The van der Waals surface area contributed by atoms with Crippen LogP contribution < -0.4 is 0 Å². The number of aromatic nitrogens is 5. The van der Waals surface area contributed by atoms with E-state index >= 15 is 0 Å². The van der Waals surface area contributed by atoms with Gasteiger partial charge in [0.1, 0.15) is 0 Å². The SMILES string of the molecule is c1ccc(-c2nc(-c3ccccc3)nc(-c3ccc4c5cc6ccccc6cc5n5c6ccccc6c6c7ccccc7cc(c65)n5c6ccccc6c3c45)n2)cc1. The average molecular weight is 738 g/mol. The number of benzene rings is 9.